The van der Waals surface area contributed by atoms with Crippen molar-refractivity contribution in [2.75, 3.05) is 0 Å². The Morgan fingerprint density at radius 3 is 1.67 bits per heavy atom. The van der Waals surface area contributed by atoms with Crippen LogP contribution in [0, 0.1) is 0 Å². The molecule has 0 saturated carbocycles. The van der Waals surface area contributed by atoms with Gasteiger partial charge in [-0.3, -0.25) is 0 Å². The van der Waals surface area contributed by atoms with Crippen LogP contribution in [0.5, 0.6) is 0 Å². The monoisotopic (exact) mass is 398 g/mol. The molecule has 2 fully saturated rings. The van der Waals surface area contributed by atoms with E-state index in [1.165, 1.54) is 5.56 Å². The molecule has 152 valence electrons. The summed E-state index contributed by atoms with van der Waals surface area (Å²) < 4.78 is 0. The molecule has 2 saturated heterocycles. The topological polar surface area (TPSA) is 43.6 Å². The van der Waals surface area contributed by atoms with Gasteiger partial charge in [-0.05, 0) is 29.5 Å². The third-order valence-corrected chi connectivity index (χ3v) is 6.37. The molecule has 1 N–H and O–H groups in total. The zero-order chi connectivity index (χ0) is 20.5. The number of hydrogen-bond donors (Lipinski definition) is 1. The van der Waals surface area contributed by atoms with Crippen LogP contribution in [0.15, 0.2) is 91.0 Å². The van der Waals surface area contributed by atoms with Crippen molar-refractivity contribution >= 4 is 6.03 Å². The minimum absolute atomic E-state index is 0.0380. The predicted molar refractivity (Wildman–Crippen MR) is 117 cm³/mol. The average molecular weight is 399 g/mol. The lowest BCUT2D eigenvalue weighted by atomic mass is 9.94. The second kappa shape index (κ2) is 7.96. The van der Waals surface area contributed by atoms with Crippen molar-refractivity contribution in [3.63, 3.8) is 0 Å². The zero-order valence-electron chi connectivity index (χ0n) is 16.8. The molecule has 2 aliphatic rings. The first-order valence-corrected chi connectivity index (χ1v) is 10.6. The van der Waals surface area contributed by atoms with Gasteiger partial charge in [-0.1, -0.05) is 91.0 Å². The lowest BCUT2D eigenvalue weighted by Gasteiger charge is -2.39. The van der Waals surface area contributed by atoms with Gasteiger partial charge in [0.1, 0.15) is 0 Å². The number of benzene rings is 3. The molecule has 4 atom stereocenters. The summed E-state index contributed by atoms with van der Waals surface area (Å²) >= 11 is 0. The van der Waals surface area contributed by atoms with E-state index in [2.05, 4.69) is 24.3 Å². The summed E-state index contributed by atoms with van der Waals surface area (Å²) in [4.78, 5) is 17.2. The number of carbonyl (C=O) groups excluding carboxylic acids is 1. The van der Waals surface area contributed by atoms with Crippen LogP contribution in [0.3, 0.4) is 0 Å². The third-order valence-electron chi connectivity index (χ3n) is 6.37. The van der Waals surface area contributed by atoms with Crippen LogP contribution in [0.2, 0.25) is 0 Å². The summed E-state index contributed by atoms with van der Waals surface area (Å²) in [6.45, 7) is 0.509. The molecule has 4 nitrogen and oxygen atoms in total. The molecule has 3 aromatic rings. The van der Waals surface area contributed by atoms with E-state index in [0.717, 1.165) is 17.5 Å². The minimum atomic E-state index is -0.569. The smallest absolute Gasteiger partial charge is 0.321 e. The molecule has 30 heavy (non-hydrogen) atoms. The van der Waals surface area contributed by atoms with E-state index in [4.69, 9.17) is 0 Å². The Morgan fingerprint density at radius 2 is 1.13 bits per heavy atom. The molecule has 0 radical (unpaired) electrons. The van der Waals surface area contributed by atoms with Gasteiger partial charge in [0.25, 0.3) is 0 Å². The molecular weight excluding hydrogens is 372 g/mol. The van der Waals surface area contributed by atoms with Crippen LogP contribution in [0.25, 0.3) is 0 Å². The SMILES string of the molecule is O=C1N(Cc2ccccc2)C(Cc2ccccc2)C(O)C2C(Cc3ccccc3)N12. The Labute approximate surface area is 177 Å². The van der Waals surface area contributed by atoms with Gasteiger partial charge in [-0.25, -0.2) is 4.79 Å². The van der Waals surface area contributed by atoms with Gasteiger partial charge < -0.3 is 14.9 Å². The van der Waals surface area contributed by atoms with Crippen molar-refractivity contribution in [3.8, 4) is 0 Å². The van der Waals surface area contributed by atoms with Crippen molar-refractivity contribution in [3.05, 3.63) is 108 Å². The van der Waals surface area contributed by atoms with Crippen LogP contribution in [-0.4, -0.2) is 45.2 Å². The van der Waals surface area contributed by atoms with Crippen LogP contribution < -0.4 is 0 Å². The van der Waals surface area contributed by atoms with Crippen LogP contribution in [0.4, 0.5) is 4.79 Å². The van der Waals surface area contributed by atoms with Crippen LogP contribution in [-0.2, 0) is 19.4 Å². The lowest BCUT2D eigenvalue weighted by Crippen LogP contribution is -2.56. The fraction of sp³-hybridized carbons (Fsp3) is 0.269. The maximum Gasteiger partial charge on any atom is 0.321 e. The number of carbonyl (C=O) groups is 1. The summed E-state index contributed by atoms with van der Waals surface area (Å²) in [5.41, 5.74) is 3.42. The number of aliphatic hydroxyl groups excluding tert-OH is 1. The first kappa shape index (κ1) is 18.9. The van der Waals surface area contributed by atoms with Gasteiger partial charge in [0.2, 0.25) is 0 Å². The van der Waals surface area contributed by atoms with Crippen molar-refractivity contribution < 1.29 is 9.90 Å². The van der Waals surface area contributed by atoms with Gasteiger partial charge in [-0.2, -0.15) is 0 Å². The fourth-order valence-electron chi connectivity index (χ4n) is 4.79. The van der Waals surface area contributed by atoms with Crippen LogP contribution in [0.1, 0.15) is 16.7 Å². The molecule has 0 aliphatic carbocycles. The average Bonchev–Trinajstić information content (AvgIpc) is 3.50. The summed E-state index contributed by atoms with van der Waals surface area (Å²) in [5, 5.41) is 11.3. The number of nitrogens with zero attached hydrogens (tertiary/aromatic N) is 2. The summed E-state index contributed by atoms with van der Waals surface area (Å²) in [5.74, 6) is 0. The van der Waals surface area contributed by atoms with Crippen molar-refractivity contribution in [1.29, 1.82) is 0 Å². The van der Waals surface area contributed by atoms with Crippen molar-refractivity contribution in [2.45, 2.75) is 43.6 Å². The number of fused-ring (bicyclic) bond motifs is 1. The highest BCUT2D eigenvalue weighted by Gasteiger charge is 2.62. The second-order valence-corrected chi connectivity index (χ2v) is 8.30. The highest BCUT2D eigenvalue weighted by atomic mass is 16.3. The Hall–Kier alpha value is -3.11. The van der Waals surface area contributed by atoms with E-state index in [9.17, 15) is 9.90 Å². The van der Waals surface area contributed by atoms with E-state index in [0.29, 0.717) is 13.0 Å². The van der Waals surface area contributed by atoms with Crippen molar-refractivity contribution in [2.24, 2.45) is 0 Å². The molecular formula is C26H26N2O2. The van der Waals surface area contributed by atoms with E-state index >= 15 is 0 Å². The number of rotatable bonds is 6. The number of aliphatic hydroxyl groups is 1. The van der Waals surface area contributed by atoms with Gasteiger partial charge >= 0.3 is 6.03 Å². The maximum absolute atomic E-state index is 13.5. The molecule has 0 bridgehead atoms. The lowest BCUT2D eigenvalue weighted by molar-refractivity contribution is 0.0269. The molecule has 5 rings (SSSR count). The largest absolute Gasteiger partial charge is 0.389 e. The zero-order valence-corrected chi connectivity index (χ0v) is 16.8. The standard InChI is InChI=1S/C26H26N2O2/c29-25-23(17-20-12-6-2-7-13-20)27(18-21-14-8-3-9-15-21)26(30)28-22(24(25)28)16-19-10-4-1-5-11-19/h1-15,22-25,29H,16-18H2. The van der Waals surface area contributed by atoms with E-state index in [1.807, 2.05) is 76.5 Å². The van der Waals surface area contributed by atoms with E-state index in [1.54, 1.807) is 0 Å². The fourth-order valence-corrected chi connectivity index (χ4v) is 4.79. The molecule has 4 unspecified atom stereocenters. The molecule has 2 amide bonds. The minimum Gasteiger partial charge on any atom is -0.389 e. The first-order chi connectivity index (χ1) is 14.7. The number of amides is 2. The Kier molecular flexibility index (Phi) is 5.01. The third kappa shape index (κ3) is 3.59. The van der Waals surface area contributed by atoms with Gasteiger partial charge in [0.15, 0.2) is 0 Å². The highest BCUT2D eigenvalue weighted by Crippen LogP contribution is 2.42. The summed E-state index contributed by atoms with van der Waals surface area (Å²) in [7, 11) is 0. The van der Waals surface area contributed by atoms with Gasteiger partial charge in [-0.15, -0.1) is 0 Å². The highest BCUT2D eigenvalue weighted by molar-refractivity contribution is 5.80. The second-order valence-electron chi connectivity index (χ2n) is 8.30. The van der Waals surface area contributed by atoms with Crippen molar-refractivity contribution in [1.82, 2.24) is 9.80 Å². The molecule has 0 spiro atoms. The maximum atomic E-state index is 13.5. The Bertz CT molecular complexity index is 993. The molecule has 4 heteroatoms. The molecule has 3 aromatic carbocycles. The Morgan fingerprint density at radius 1 is 0.667 bits per heavy atom. The molecule has 0 aromatic heterocycles. The number of hydrogen-bond acceptors (Lipinski definition) is 2. The predicted octanol–water partition coefficient (Wildman–Crippen LogP) is 3.89. The number of urea groups is 1. The quantitative estimate of drug-likeness (QED) is 0.640. The normalized spacial score (nSPS) is 25.2. The molecule has 2 heterocycles. The van der Waals surface area contributed by atoms with Gasteiger partial charge in [0.05, 0.1) is 24.2 Å². The molecule has 2 aliphatic heterocycles. The summed E-state index contributed by atoms with van der Waals surface area (Å²) in [6, 6.07) is 30.2. The Balaban J connectivity index is 1.42. The van der Waals surface area contributed by atoms with E-state index in [-0.39, 0.29) is 24.2 Å². The van der Waals surface area contributed by atoms with Gasteiger partial charge in [0, 0.05) is 6.54 Å². The first-order valence-electron chi connectivity index (χ1n) is 10.6. The summed E-state index contributed by atoms with van der Waals surface area (Å²) in [6.07, 6.45) is 0.870. The van der Waals surface area contributed by atoms with Crippen LogP contribution >= 0.6 is 0 Å². The van der Waals surface area contributed by atoms with E-state index < -0.39 is 6.10 Å².